The molecule has 152 valence electrons. The topological polar surface area (TPSA) is 65.4 Å². The zero-order chi connectivity index (χ0) is 21.0. The van der Waals surface area contributed by atoms with Crippen molar-refractivity contribution in [3.8, 4) is 11.5 Å². The number of aryl methyl sites for hydroxylation is 1. The minimum Gasteiger partial charge on any atom is -0.494 e. The first kappa shape index (κ1) is 20.7. The van der Waals surface area contributed by atoms with Crippen molar-refractivity contribution < 1.29 is 13.9 Å². The lowest BCUT2D eigenvalue weighted by molar-refractivity contribution is 0.340. The Bertz CT molecular complexity index is 1070. The molecule has 1 aromatic heterocycles. The van der Waals surface area contributed by atoms with E-state index in [4.69, 9.17) is 21.1 Å². The van der Waals surface area contributed by atoms with Crippen LogP contribution >= 0.6 is 11.6 Å². The molecule has 0 aliphatic carbocycles. The Morgan fingerprint density at radius 2 is 2.03 bits per heavy atom. The van der Waals surface area contributed by atoms with Gasteiger partial charge >= 0.3 is 5.56 Å². The molecule has 0 bridgehead atoms. The number of anilines is 2. The number of nitrogens with zero attached hydrogens (tertiary/aromatic N) is 2. The molecule has 1 N–H and O–H groups in total. The fourth-order valence-corrected chi connectivity index (χ4v) is 3.13. The van der Waals surface area contributed by atoms with Gasteiger partial charge in [0.2, 0.25) is 11.7 Å². The average Bonchev–Trinajstić information content (AvgIpc) is 2.65. The number of hydrogen-bond donors (Lipinski definition) is 1. The zero-order valence-corrected chi connectivity index (χ0v) is 17.1. The normalized spacial score (nSPS) is 10.7. The van der Waals surface area contributed by atoms with E-state index in [1.165, 1.54) is 25.4 Å². The summed E-state index contributed by atoms with van der Waals surface area (Å²) in [6, 6.07) is 9.84. The highest BCUT2D eigenvalue weighted by Gasteiger charge is 2.12. The first-order chi connectivity index (χ1) is 13.9. The fourth-order valence-electron chi connectivity index (χ4n) is 2.89. The number of aromatic nitrogens is 2. The molecule has 3 aromatic rings. The minimum atomic E-state index is -0.507. The maximum atomic E-state index is 13.7. The van der Waals surface area contributed by atoms with E-state index in [1.807, 2.05) is 32.0 Å². The van der Waals surface area contributed by atoms with Crippen molar-refractivity contribution in [1.82, 2.24) is 9.55 Å². The Hall–Kier alpha value is -3.06. The van der Waals surface area contributed by atoms with E-state index in [-0.39, 0.29) is 17.3 Å². The van der Waals surface area contributed by atoms with E-state index in [9.17, 15) is 9.18 Å². The summed E-state index contributed by atoms with van der Waals surface area (Å²) in [5.74, 6) is 0.695. The molecule has 2 aromatic carbocycles. The summed E-state index contributed by atoms with van der Waals surface area (Å²) < 4.78 is 26.0. The molecule has 0 atom stereocenters. The lowest BCUT2D eigenvalue weighted by Gasteiger charge is -2.17. The van der Waals surface area contributed by atoms with Gasteiger partial charge in [0.15, 0.2) is 0 Å². The van der Waals surface area contributed by atoms with Crippen LogP contribution in [-0.4, -0.2) is 23.3 Å². The van der Waals surface area contributed by atoms with Crippen LogP contribution in [0.2, 0.25) is 5.02 Å². The second kappa shape index (κ2) is 8.96. The van der Waals surface area contributed by atoms with E-state index in [2.05, 4.69) is 10.3 Å². The quantitative estimate of drug-likeness (QED) is 0.611. The number of methoxy groups -OCH3 is 1. The Kier molecular flexibility index (Phi) is 6.39. The van der Waals surface area contributed by atoms with Crippen molar-refractivity contribution >= 4 is 23.2 Å². The van der Waals surface area contributed by atoms with Crippen molar-refractivity contribution in [1.29, 1.82) is 0 Å². The third-order valence-electron chi connectivity index (χ3n) is 4.21. The van der Waals surface area contributed by atoms with Crippen molar-refractivity contribution in [2.45, 2.75) is 20.4 Å². The standard InChI is InChI=1S/C21H21ClFN3O3/c1-4-29-17-5-6-18(13(2)7-17)24-21-25-20(27)19(28-3)12-26(21)11-14-8-15(22)10-16(23)9-14/h5-10,12H,4,11H2,1-3H3,(H,24,25,27). The maximum absolute atomic E-state index is 13.7. The van der Waals surface area contributed by atoms with Crippen molar-refractivity contribution in [3.05, 3.63) is 74.9 Å². The highest BCUT2D eigenvalue weighted by molar-refractivity contribution is 6.30. The highest BCUT2D eigenvalue weighted by Crippen LogP contribution is 2.25. The Morgan fingerprint density at radius 3 is 2.69 bits per heavy atom. The molecular formula is C21H21ClFN3O3. The molecule has 1 heterocycles. The van der Waals surface area contributed by atoms with Gasteiger partial charge < -0.3 is 19.4 Å². The van der Waals surface area contributed by atoms with E-state index >= 15 is 0 Å². The van der Waals surface area contributed by atoms with Gasteiger partial charge in [-0.25, -0.2) is 4.39 Å². The van der Waals surface area contributed by atoms with E-state index in [0.717, 1.165) is 17.0 Å². The van der Waals surface area contributed by atoms with Crippen LogP contribution in [0.3, 0.4) is 0 Å². The van der Waals surface area contributed by atoms with Gasteiger partial charge in [-0.05, 0) is 61.4 Å². The van der Waals surface area contributed by atoms with Crippen LogP contribution in [-0.2, 0) is 6.54 Å². The molecule has 0 amide bonds. The van der Waals surface area contributed by atoms with Gasteiger partial charge in [0.1, 0.15) is 11.6 Å². The van der Waals surface area contributed by atoms with Crippen LogP contribution in [0.25, 0.3) is 0 Å². The number of nitrogens with one attached hydrogen (secondary N) is 1. The van der Waals surface area contributed by atoms with Crippen LogP contribution < -0.4 is 20.3 Å². The monoisotopic (exact) mass is 417 g/mol. The van der Waals surface area contributed by atoms with Gasteiger partial charge in [-0.15, -0.1) is 0 Å². The molecule has 0 fully saturated rings. The van der Waals surface area contributed by atoms with Gasteiger partial charge in [0, 0.05) is 10.7 Å². The van der Waals surface area contributed by atoms with Crippen molar-refractivity contribution in [3.63, 3.8) is 0 Å². The third kappa shape index (κ3) is 5.06. The summed E-state index contributed by atoms with van der Waals surface area (Å²) in [7, 11) is 1.39. The van der Waals surface area contributed by atoms with Gasteiger partial charge in [-0.2, -0.15) is 4.98 Å². The second-order valence-corrected chi connectivity index (χ2v) is 6.81. The largest absolute Gasteiger partial charge is 0.494 e. The number of ether oxygens (including phenoxy) is 2. The molecule has 29 heavy (non-hydrogen) atoms. The average molecular weight is 418 g/mol. The SMILES string of the molecule is CCOc1ccc(Nc2nc(=O)c(OC)cn2Cc2cc(F)cc(Cl)c2)c(C)c1. The Morgan fingerprint density at radius 1 is 1.24 bits per heavy atom. The predicted molar refractivity (Wildman–Crippen MR) is 111 cm³/mol. The molecule has 3 rings (SSSR count). The maximum Gasteiger partial charge on any atom is 0.316 e. The van der Waals surface area contributed by atoms with Crippen LogP contribution in [0.15, 0.2) is 47.4 Å². The summed E-state index contributed by atoms with van der Waals surface area (Å²) in [5.41, 5.74) is 1.79. The molecule has 8 heteroatoms. The molecular weight excluding hydrogens is 397 g/mol. The Balaban J connectivity index is 1.99. The summed E-state index contributed by atoms with van der Waals surface area (Å²) in [4.78, 5) is 16.3. The van der Waals surface area contributed by atoms with Gasteiger partial charge in [0.05, 0.1) is 26.5 Å². The first-order valence-electron chi connectivity index (χ1n) is 9.00. The number of hydrogen-bond acceptors (Lipinski definition) is 5. The third-order valence-corrected chi connectivity index (χ3v) is 4.43. The summed E-state index contributed by atoms with van der Waals surface area (Å²) in [6.07, 6.45) is 1.53. The molecule has 0 aliphatic heterocycles. The predicted octanol–water partition coefficient (Wildman–Crippen LogP) is 4.54. The molecule has 0 unspecified atom stereocenters. The van der Waals surface area contributed by atoms with E-state index in [1.54, 1.807) is 10.6 Å². The van der Waals surface area contributed by atoms with Crippen LogP contribution in [0.1, 0.15) is 18.1 Å². The molecule has 0 saturated carbocycles. The van der Waals surface area contributed by atoms with E-state index < -0.39 is 11.4 Å². The summed E-state index contributed by atoms with van der Waals surface area (Å²) in [5, 5.41) is 3.46. The summed E-state index contributed by atoms with van der Waals surface area (Å²) >= 11 is 5.96. The number of benzene rings is 2. The minimum absolute atomic E-state index is 0.0847. The summed E-state index contributed by atoms with van der Waals surface area (Å²) in [6.45, 7) is 4.64. The van der Waals surface area contributed by atoms with Crippen molar-refractivity contribution in [2.75, 3.05) is 19.0 Å². The molecule has 0 spiro atoms. The fraction of sp³-hybridized carbons (Fsp3) is 0.238. The molecule has 6 nitrogen and oxygen atoms in total. The van der Waals surface area contributed by atoms with Gasteiger partial charge in [0.25, 0.3) is 0 Å². The first-order valence-corrected chi connectivity index (χ1v) is 9.38. The smallest absolute Gasteiger partial charge is 0.316 e. The van der Waals surface area contributed by atoms with Gasteiger partial charge in [-0.3, -0.25) is 4.79 Å². The molecule has 0 radical (unpaired) electrons. The lowest BCUT2D eigenvalue weighted by Crippen LogP contribution is -2.19. The van der Waals surface area contributed by atoms with Crippen LogP contribution in [0.5, 0.6) is 11.5 Å². The van der Waals surface area contributed by atoms with Gasteiger partial charge in [-0.1, -0.05) is 11.6 Å². The van der Waals surface area contributed by atoms with Crippen LogP contribution in [0, 0.1) is 12.7 Å². The highest BCUT2D eigenvalue weighted by atomic mass is 35.5. The number of halogens is 2. The Labute approximate surface area is 172 Å². The molecule has 0 aliphatic rings. The number of rotatable bonds is 7. The zero-order valence-electron chi connectivity index (χ0n) is 16.3. The van der Waals surface area contributed by atoms with Crippen molar-refractivity contribution in [2.24, 2.45) is 0 Å². The lowest BCUT2D eigenvalue weighted by atomic mass is 10.2. The van der Waals surface area contributed by atoms with Crippen LogP contribution in [0.4, 0.5) is 16.0 Å². The molecule has 0 saturated heterocycles. The second-order valence-electron chi connectivity index (χ2n) is 6.38. The van der Waals surface area contributed by atoms with E-state index in [0.29, 0.717) is 18.1 Å².